The van der Waals surface area contributed by atoms with Crippen LogP contribution >= 0.6 is 0 Å². The van der Waals surface area contributed by atoms with E-state index in [1.165, 1.54) is 14.2 Å². The Morgan fingerprint density at radius 2 is 1.37 bits per heavy atom. The lowest BCUT2D eigenvalue weighted by Gasteiger charge is -2.03. The summed E-state index contributed by atoms with van der Waals surface area (Å²) in [5, 5.41) is 15.8. The smallest absolute Gasteiger partial charge is 0.170 e. The van der Waals surface area contributed by atoms with Gasteiger partial charge in [0.05, 0.1) is 11.9 Å². The van der Waals surface area contributed by atoms with Gasteiger partial charge in [-0.25, -0.2) is 4.68 Å². The predicted molar refractivity (Wildman–Crippen MR) is 102 cm³/mol. The minimum absolute atomic E-state index is 0.305. The number of hydrogen-bond acceptors (Lipinski definition) is 6. The summed E-state index contributed by atoms with van der Waals surface area (Å²) < 4.78 is 1.68. The summed E-state index contributed by atoms with van der Waals surface area (Å²) in [6, 6.07) is 14.9. The van der Waals surface area contributed by atoms with E-state index in [4.69, 9.17) is 11.5 Å². The Morgan fingerprint density at radius 3 is 1.89 bits per heavy atom. The van der Waals surface area contributed by atoms with Crippen LogP contribution in [-0.4, -0.2) is 40.9 Å². The van der Waals surface area contributed by atoms with Crippen LogP contribution in [0.5, 0.6) is 0 Å². The zero-order valence-electron chi connectivity index (χ0n) is 14.9. The number of hydrogen-bond donors (Lipinski definition) is 2. The van der Waals surface area contributed by atoms with Gasteiger partial charge in [0, 0.05) is 16.7 Å². The molecule has 0 aliphatic rings. The fraction of sp³-hybridized carbons (Fsp3) is 0.111. The van der Waals surface area contributed by atoms with E-state index >= 15 is 0 Å². The van der Waals surface area contributed by atoms with Gasteiger partial charge in [0.25, 0.3) is 0 Å². The van der Waals surface area contributed by atoms with Crippen LogP contribution < -0.4 is 11.5 Å². The lowest BCUT2D eigenvalue weighted by Crippen LogP contribution is -2.13. The number of aromatic nitrogens is 3. The lowest BCUT2D eigenvalue weighted by molar-refractivity contribution is 0.213. The van der Waals surface area contributed by atoms with E-state index < -0.39 is 0 Å². The largest absolute Gasteiger partial charge is 0.397 e. The van der Waals surface area contributed by atoms with Gasteiger partial charge in [-0.1, -0.05) is 39.8 Å². The predicted octanol–water partition coefficient (Wildman–Crippen LogP) is 1.47. The molecule has 0 atom stereocenters. The number of oxime groups is 2. The molecule has 0 radical (unpaired) electrons. The van der Waals surface area contributed by atoms with Crippen LogP contribution in [0.4, 0.5) is 0 Å². The van der Waals surface area contributed by atoms with Crippen LogP contribution in [0.2, 0.25) is 0 Å². The second-order valence-corrected chi connectivity index (χ2v) is 5.49. The first-order valence-corrected chi connectivity index (χ1v) is 7.99. The van der Waals surface area contributed by atoms with Crippen LogP contribution in [0.15, 0.2) is 65.0 Å². The molecule has 2 aromatic carbocycles. The summed E-state index contributed by atoms with van der Waals surface area (Å²) >= 11 is 0. The molecule has 0 fully saturated rings. The minimum atomic E-state index is 0.305. The Balaban J connectivity index is 1.80. The van der Waals surface area contributed by atoms with Crippen LogP contribution in [0.1, 0.15) is 11.1 Å². The molecule has 27 heavy (non-hydrogen) atoms. The van der Waals surface area contributed by atoms with E-state index in [9.17, 15) is 0 Å². The number of amidine groups is 2. The topological polar surface area (TPSA) is 126 Å². The highest BCUT2D eigenvalue weighted by Gasteiger charge is 2.07. The standard InChI is InChI=1S/C18H19N7O2/c1-26-22-17(19)13-5-3-12(4-6-13)16-11-25(24-21-16)15-9-7-14(8-10-15)18(20)23-27-2/h3-11H,1-2H3,(H2,19,22)(H2,20,23). The molecular weight excluding hydrogens is 346 g/mol. The van der Waals surface area contributed by atoms with Gasteiger partial charge in [-0.3, -0.25) is 0 Å². The Labute approximate surface area is 155 Å². The number of nitrogens with two attached hydrogens (primary N) is 2. The molecule has 4 N–H and O–H groups in total. The maximum atomic E-state index is 5.79. The normalized spacial score (nSPS) is 12.1. The second-order valence-electron chi connectivity index (χ2n) is 5.49. The molecule has 138 valence electrons. The summed E-state index contributed by atoms with van der Waals surface area (Å²) in [5.74, 6) is 0.615. The minimum Gasteiger partial charge on any atom is -0.397 e. The molecule has 1 heterocycles. The summed E-state index contributed by atoms with van der Waals surface area (Å²) in [4.78, 5) is 9.35. The third kappa shape index (κ3) is 4.03. The molecule has 0 aliphatic heterocycles. The van der Waals surface area contributed by atoms with Gasteiger partial charge < -0.3 is 21.1 Å². The molecule has 0 saturated heterocycles. The molecule has 3 aromatic rings. The molecule has 0 saturated carbocycles. The highest BCUT2D eigenvalue weighted by atomic mass is 16.6. The van der Waals surface area contributed by atoms with Crippen LogP contribution in [0.3, 0.4) is 0 Å². The van der Waals surface area contributed by atoms with Gasteiger partial charge >= 0.3 is 0 Å². The van der Waals surface area contributed by atoms with Crippen LogP contribution in [0.25, 0.3) is 16.9 Å². The van der Waals surface area contributed by atoms with E-state index in [1.807, 2.05) is 54.7 Å². The van der Waals surface area contributed by atoms with Gasteiger partial charge in [-0.15, -0.1) is 5.10 Å². The van der Waals surface area contributed by atoms with Crippen molar-refractivity contribution in [2.75, 3.05) is 14.2 Å². The van der Waals surface area contributed by atoms with E-state index in [1.54, 1.807) is 4.68 Å². The van der Waals surface area contributed by atoms with Crippen molar-refractivity contribution in [2.24, 2.45) is 21.8 Å². The Kier molecular flexibility index (Phi) is 5.31. The zero-order valence-corrected chi connectivity index (χ0v) is 14.9. The van der Waals surface area contributed by atoms with Crippen molar-refractivity contribution >= 4 is 11.7 Å². The maximum absolute atomic E-state index is 5.79. The van der Waals surface area contributed by atoms with E-state index in [0.29, 0.717) is 11.7 Å². The molecule has 3 rings (SSSR count). The highest BCUT2D eigenvalue weighted by Crippen LogP contribution is 2.19. The molecule has 0 unspecified atom stereocenters. The van der Waals surface area contributed by atoms with Crippen LogP contribution in [0, 0.1) is 0 Å². The fourth-order valence-electron chi connectivity index (χ4n) is 2.42. The van der Waals surface area contributed by atoms with Crippen molar-refractivity contribution in [3.63, 3.8) is 0 Å². The third-order valence-corrected chi connectivity index (χ3v) is 3.78. The molecule has 9 heteroatoms. The number of benzene rings is 2. The molecule has 0 aliphatic carbocycles. The van der Waals surface area contributed by atoms with Crippen molar-refractivity contribution in [1.29, 1.82) is 0 Å². The van der Waals surface area contributed by atoms with Crippen molar-refractivity contribution in [2.45, 2.75) is 0 Å². The van der Waals surface area contributed by atoms with Gasteiger partial charge in [0.15, 0.2) is 11.7 Å². The SMILES string of the molecule is CO/N=C(\N)c1ccc(-c2cn(-c3ccc(/C(N)=N\OC)cc3)nn2)cc1. The van der Waals surface area contributed by atoms with Gasteiger partial charge in [0.2, 0.25) is 0 Å². The van der Waals surface area contributed by atoms with Gasteiger partial charge in [-0.05, 0) is 24.3 Å². The van der Waals surface area contributed by atoms with Crippen molar-refractivity contribution in [3.8, 4) is 16.9 Å². The molecule has 0 spiro atoms. The highest BCUT2D eigenvalue weighted by molar-refractivity contribution is 5.97. The zero-order chi connectivity index (χ0) is 19.2. The average molecular weight is 365 g/mol. The van der Waals surface area contributed by atoms with E-state index in [2.05, 4.69) is 30.3 Å². The third-order valence-electron chi connectivity index (χ3n) is 3.78. The molecule has 0 bridgehead atoms. The summed E-state index contributed by atoms with van der Waals surface area (Å²) in [6.45, 7) is 0. The molecule has 0 amide bonds. The Bertz CT molecular complexity index is 882. The van der Waals surface area contributed by atoms with Gasteiger partial charge in [-0.2, -0.15) is 0 Å². The number of rotatable bonds is 6. The Hall–Kier alpha value is -3.88. The second kappa shape index (κ2) is 8.00. The first-order valence-electron chi connectivity index (χ1n) is 7.99. The van der Waals surface area contributed by atoms with Crippen LogP contribution in [-0.2, 0) is 9.68 Å². The monoisotopic (exact) mass is 365 g/mol. The van der Waals surface area contributed by atoms with E-state index in [0.717, 1.165) is 28.1 Å². The summed E-state index contributed by atoms with van der Waals surface area (Å²) in [7, 11) is 2.90. The van der Waals surface area contributed by atoms with Gasteiger partial charge in [0.1, 0.15) is 19.9 Å². The van der Waals surface area contributed by atoms with Crippen molar-refractivity contribution in [1.82, 2.24) is 15.0 Å². The summed E-state index contributed by atoms with van der Waals surface area (Å²) in [5.41, 5.74) is 15.6. The summed E-state index contributed by atoms with van der Waals surface area (Å²) in [6.07, 6.45) is 1.84. The average Bonchev–Trinajstić information content (AvgIpc) is 3.19. The van der Waals surface area contributed by atoms with Crippen molar-refractivity contribution in [3.05, 3.63) is 65.9 Å². The molecule has 1 aromatic heterocycles. The molecule has 9 nitrogen and oxygen atoms in total. The quantitative estimate of drug-likeness (QED) is 0.387. The van der Waals surface area contributed by atoms with E-state index in [-0.39, 0.29) is 0 Å². The fourth-order valence-corrected chi connectivity index (χ4v) is 2.42. The van der Waals surface area contributed by atoms with Crippen molar-refractivity contribution < 1.29 is 9.68 Å². The number of nitrogens with zero attached hydrogens (tertiary/aromatic N) is 5. The first kappa shape index (κ1) is 17.9. The first-order chi connectivity index (χ1) is 13.1. The maximum Gasteiger partial charge on any atom is 0.170 e. The molecular formula is C18H19N7O2. The Morgan fingerprint density at radius 1 is 0.852 bits per heavy atom. The lowest BCUT2D eigenvalue weighted by atomic mass is 10.1.